The van der Waals surface area contributed by atoms with Gasteiger partial charge in [0.05, 0.1) is 6.67 Å². The molecule has 0 fully saturated rings. The normalized spacial score (nSPS) is 13.6. The number of nitrogens with zero attached hydrogens (tertiary/aromatic N) is 2. The lowest BCUT2D eigenvalue weighted by atomic mass is 10.1. The lowest BCUT2D eigenvalue weighted by Crippen LogP contribution is -2.24. The van der Waals surface area contributed by atoms with Crippen molar-refractivity contribution in [3.8, 4) is 0 Å². The first-order chi connectivity index (χ1) is 11.3. The molecule has 0 amide bonds. The van der Waals surface area contributed by atoms with Crippen LogP contribution in [0.4, 0.5) is 0 Å². The van der Waals surface area contributed by atoms with Crippen molar-refractivity contribution in [3.05, 3.63) is 12.4 Å². The van der Waals surface area contributed by atoms with E-state index in [9.17, 15) is 0 Å². The Morgan fingerprint density at radius 1 is 0.750 bits per heavy atom. The van der Waals surface area contributed by atoms with Gasteiger partial charge < -0.3 is 9.80 Å². The molecule has 0 aromatic rings. The van der Waals surface area contributed by atoms with Gasteiger partial charge in [0.25, 0.3) is 0 Å². The zero-order chi connectivity index (χ0) is 16.6. The summed E-state index contributed by atoms with van der Waals surface area (Å²) < 4.78 is 0. The van der Waals surface area contributed by atoms with Gasteiger partial charge in [-0.15, -0.1) is 24.0 Å². The van der Waals surface area contributed by atoms with Gasteiger partial charge in [0.15, 0.2) is 0 Å². The zero-order valence-corrected chi connectivity index (χ0v) is 19.3. The van der Waals surface area contributed by atoms with E-state index in [1.807, 2.05) is 0 Å². The Balaban J connectivity index is 0.00000529. The molecule has 0 bridgehead atoms. The van der Waals surface area contributed by atoms with Crippen LogP contribution in [0.1, 0.15) is 84.0 Å². The molecule has 0 unspecified atom stereocenters. The van der Waals surface area contributed by atoms with Gasteiger partial charge in [0, 0.05) is 31.7 Å². The van der Waals surface area contributed by atoms with E-state index in [0.29, 0.717) is 0 Å². The molecule has 1 heterocycles. The standard InChI is InChI=1S/C20H40N2S.HI/c1-3-4-5-6-7-8-9-10-11-12-13-14-18-23-19-17-22-16-15-21(2)20-22;/h15-16H,3-14,17-20H2,1-2H3;1H. The van der Waals surface area contributed by atoms with Crippen molar-refractivity contribution >= 4 is 35.7 Å². The Labute approximate surface area is 173 Å². The average Bonchev–Trinajstić information content (AvgIpc) is 2.96. The van der Waals surface area contributed by atoms with E-state index in [2.05, 4.69) is 47.9 Å². The van der Waals surface area contributed by atoms with Gasteiger partial charge in [-0.05, 0) is 12.2 Å². The highest BCUT2D eigenvalue weighted by molar-refractivity contribution is 14.0. The van der Waals surface area contributed by atoms with Crippen LogP contribution >= 0.6 is 35.7 Å². The minimum absolute atomic E-state index is 0. The number of unbranched alkanes of at least 4 members (excludes halogenated alkanes) is 11. The zero-order valence-electron chi connectivity index (χ0n) is 16.2. The van der Waals surface area contributed by atoms with Crippen molar-refractivity contribution < 1.29 is 0 Å². The summed E-state index contributed by atoms with van der Waals surface area (Å²) in [5.74, 6) is 2.63. The highest BCUT2D eigenvalue weighted by atomic mass is 127. The fourth-order valence-electron chi connectivity index (χ4n) is 3.06. The summed E-state index contributed by atoms with van der Waals surface area (Å²) in [5, 5.41) is 0. The van der Waals surface area contributed by atoms with Gasteiger partial charge in [0.2, 0.25) is 0 Å². The average molecular weight is 469 g/mol. The van der Waals surface area contributed by atoms with Crippen LogP contribution in [-0.4, -0.2) is 41.6 Å². The SMILES string of the molecule is CCCCCCCCCCCCCCSCCN1C=CN(C)C1.I. The van der Waals surface area contributed by atoms with Crippen LogP contribution in [0, 0.1) is 0 Å². The molecule has 2 nitrogen and oxygen atoms in total. The van der Waals surface area contributed by atoms with Gasteiger partial charge >= 0.3 is 0 Å². The van der Waals surface area contributed by atoms with Gasteiger partial charge in [-0.1, -0.05) is 77.6 Å². The molecule has 4 heteroatoms. The quantitative estimate of drug-likeness (QED) is 0.184. The Kier molecular flexibility index (Phi) is 18.5. The van der Waals surface area contributed by atoms with Gasteiger partial charge in [-0.25, -0.2) is 0 Å². The summed E-state index contributed by atoms with van der Waals surface area (Å²) in [6, 6.07) is 0. The molecule has 144 valence electrons. The smallest absolute Gasteiger partial charge is 0.0891 e. The van der Waals surface area contributed by atoms with E-state index in [-0.39, 0.29) is 24.0 Å². The molecule has 0 atom stereocenters. The van der Waals surface area contributed by atoms with Crippen LogP contribution in [0.15, 0.2) is 12.4 Å². The molecule has 1 aliphatic heterocycles. The van der Waals surface area contributed by atoms with Gasteiger partial charge in [-0.3, -0.25) is 0 Å². The maximum absolute atomic E-state index is 2.40. The number of halogens is 1. The van der Waals surface area contributed by atoms with Crippen molar-refractivity contribution in [1.29, 1.82) is 0 Å². The maximum atomic E-state index is 2.40. The van der Waals surface area contributed by atoms with E-state index in [1.165, 1.54) is 95.1 Å². The summed E-state index contributed by atoms with van der Waals surface area (Å²) in [5.41, 5.74) is 0. The van der Waals surface area contributed by atoms with Crippen molar-refractivity contribution in [2.75, 3.05) is 31.8 Å². The predicted molar refractivity (Wildman–Crippen MR) is 122 cm³/mol. The Morgan fingerprint density at radius 2 is 1.29 bits per heavy atom. The second-order valence-corrected chi connectivity index (χ2v) is 8.24. The Hall–Kier alpha value is 0.420. The fourth-order valence-corrected chi connectivity index (χ4v) is 4.04. The first kappa shape index (κ1) is 24.4. The summed E-state index contributed by atoms with van der Waals surface area (Å²) in [7, 11) is 2.14. The molecule has 0 aliphatic carbocycles. The van der Waals surface area contributed by atoms with E-state index >= 15 is 0 Å². The molecule has 1 rings (SSSR count). The lowest BCUT2D eigenvalue weighted by Gasteiger charge is -2.17. The highest BCUT2D eigenvalue weighted by Gasteiger charge is 2.06. The minimum atomic E-state index is 0. The summed E-state index contributed by atoms with van der Waals surface area (Å²) in [4.78, 5) is 4.63. The van der Waals surface area contributed by atoms with Crippen molar-refractivity contribution in [2.24, 2.45) is 0 Å². The summed E-state index contributed by atoms with van der Waals surface area (Å²) in [6.07, 6.45) is 21.8. The Bertz CT molecular complexity index is 287. The number of rotatable bonds is 16. The first-order valence-electron chi connectivity index (χ1n) is 10.0. The summed E-state index contributed by atoms with van der Waals surface area (Å²) >= 11 is 2.13. The lowest BCUT2D eigenvalue weighted by molar-refractivity contribution is 0.310. The third-order valence-corrected chi connectivity index (χ3v) is 5.65. The topological polar surface area (TPSA) is 6.48 Å². The van der Waals surface area contributed by atoms with Crippen LogP contribution in [0.3, 0.4) is 0 Å². The van der Waals surface area contributed by atoms with Crippen LogP contribution in [0.2, 0.25) is 0 Å². The second kappa shape index (κ2) is 18.2. The van der Waals surface area contributed by atoms with E-state index in [4.69, 9.17) is 0 Å². The molecule has 0 saturated carbocycles. The molecular weight excluding hydrogens is 427 g/mol. The molecular formula is C20H41IN2S. The van der Waals surface area contributed by atoms with Crippen LogP contribution in [-0.2, 0) is 0 Å². The van der Waals surface area contributed by atoms with E-state index in [0.717, 1.165) is 6.67 Å². The van der Waals surface area contributed by atoms with Crippen molar-refractivity contribution in [3.63, 3.8) is 0 Å². The first-order valence-corrected chi connectivity index (χ1v) is 11.2. The Morgan fingerprint density at radius 3 is 1.79 bits per heavy atom. The molecule has 0 spiro atoms. The molecule has 0 saturated heterocycles. The fraction of sp³-hybridized carbons (Fsp3) is 0.900. The van der Waals surface area contributed by atoms with E-state index in [1.54, 1.807) is 0 Å². The van der Waals surface area contributed by atoms with Crippen LogP contribution < -0.4 is 0 Å². The number of thioether (sulfide) groups is 1. The largest absolute Gasteiger partial charge is 0.362 e. The molecule has 0 N–H and O–H groups in total. The number of hydrogen-bond donors (Lipinski definition) is 0. The summed E-state index contributed by atoms with van der Waals surface area (Å²) in [6.45, 7) is 4.56. The molecule has 0 radical (unpaired) electrons. The number of hydrogen-bond acceptors (Lipinski definition) is 3. The molecule has 1 aliphatic rings. The predicted octanol–water partition coefficient (Wildman–Crippen LogP) is 6.71. The van der Waals surface area contributed by atoms with E-state index < -0.39 is 0 Å². The van der Waals surface area contributed by atoms with Crippen molar-refractivity contribution in [2.45, 2.75) is 84.0 Å². The van der Waals surface area contributed by atoms with Gasteiger partial charge in [0.1, 0.15) is 0 Å². The minimum Gasteiger partial charge on any atom is -0.362 e. The third-order valence-electron chi connectivity index (χ3n) is 4.60. The monoisotopic (exact) mass is 468 g/mol. The van der Waals surface area contributed by atoms with Crippen LogP contribution in [0.25, 0.3) is 0 Å². The second-order valence-electron chi connectivity index (χ2n) is 7.01. The molecule has 24 heavy (non-hydrogen) atoms. The van der Waals surface area contributed by atoms with Crippen LogP contribution in [0.5, 0.6) is 0 Å². The molecule has 0 aromatic carbocycles. The molecule has 0 aromatic heterocycles. The van der Waals surface area contributed by atoms with Crippen molar-refractivity contribution in [1.82, 2.24) is 9.80 Å². The maximum Gasteiger partial charge on any atom is 0.0891 e. The van der Waals surface area contributed by atoms with Gasteiger partial charge in [-0.2, -0.15) is 11.8 Å². The third kappa shape index (κ3) is 14.7. The highest BCUT2D eigenvalue weighted by Crippen LogP contribution is 2.13.